The van der Waals surface area contributed by atoms with Gasteiger partial charge >= 0.3 is 0 Å². The number of benzene rings is 1. The second kappa shape index (κ2) is 8.91. The van der Waals surface area contributed by atoms with Crippen LogP contribution < -0.4 is 5.32 Å². The number of carbonyl (C=O) groups is 3. The van der Waals surface area contributed by atoms with Crippen LogP contribution in [0.15, 0.2) is 36.5 Å². The summed E-state index contributed by atoms with van der Waals surface area (Å²) >= 11 is 0. The van der Waals surface area contributed by atoms with Gasteiger partial charge in [0.15, 0.2) is 15.6 Å². The molecule has 2 atom stereocenters. The van der Waals surface area contributed by atoms with Crippen LogP contribution in [0.5, 0.6) is 0 Å². The summed E-state index contributed by atoms with van der Waals surface area (Å²) < 4.78 is 22.8. The number of nitrogens with zero attached hydrogens (tertiary/aromatic N) is 2. The Labute approximate surface area is 175 Å². The smallest absolute Gasteiger partial charge is 0.251 e. The van der Waals surface area contributed by atoms with Gasteiger partial charge in [-0.1, -0.05) is 6.07 Å². The molecule has 1 fully saturated rings. The molecule has 160 valence electrons. The van der Waals surface area contributed by atoms with E-state index in [1.807, 2.05) is 6.07 Å². The van der Waals surface area contributed by atoms with Crippen molar-refractivity contribution in [3.05, 3.63) is 42.1 Å². The first-order chi connectivity index (χ1) is 14.1. The van der Waals surface area contributed by atoms with E-state index in [1.165, 1.54) is 4.90 Å². The summed E-state index contributed by atoms with van der Waals surface area (Å²) in [6, 6.07) is 7.99. The molecule has 2 aromatic rings. The summed E-state index contributed by atoms with van der Waals surface area (Å²) in [7, 11) is -3.40. The summed E-state index contributed by atoms with van der Waals surface area (Å²) in [5.41, 5.74) is 1.20. The quantitative estimate of drug-likeness (QED) is 0.735. The molecule has 1 saturated heterocycles. The summed E-state index contributed by atoms with van der Waals surface area (Å²) in [4.78, 5) is 43.4. The zero-order valence-corrected chi connectivity index (χ0v) is 17.8. The van der Waals surface area contributed by atoms with E-state index in [2.05, 4.69) is 10.3 Å². The van der Waals surface area contributed by atoms with Crippen molar-refractivity contribution in [1.29, 1.82) is 0 Å². The SMILES string of the molecule is C[C@@H](NC(=O)c1ccc2ncccc2c1)C(=O)N1CCC[C@@H](C(=O)CS(C)(=O)=O)C1. The molecule has 2 heterocycles. The van der Waals surface area contributed by atoms with Crippen LogP contribution >= 0.6 is 0 Å². The lowest BCUT2D eigenvalue weighted by Gasteiger charge is -2.33. The minimum atomic E-state index is -3.40. The molecule has 30 heavy (non-hydrogen) atoms. The summed E-state index contributed by atoms with van der Waals surface area (Å²) in [5.74, 6) is -2.03. The number of sulfone groups is 1. The van der Waals surface area contributed by atoms with Crippen LogP contribution in [-0.4, -0.2) is 67.0 Å². The molecule has 1 N–H and O–H groups in total. The van der Waals surface area contributed by atoms with Crippen molar-refractivity contribution in [2.45, 2.75) is 25.8 Å². The number of aromatic nitrogens is 1. The lowest BCUT2D eigenvalue weighted by Crippen LogP contribution is -2.51. The van der Waals surface area contributed by atoms with Crippen molar-refractivity contribution >= 4 is 38.3 Å². The molecular formula is C21H25N3O5S. The highest BCUT2D eigenvalue weighted by molar-refractivity contribution is 7.91. The van der Waals surface area contributed by atoms with Crippen molar-refractivity contribution in [3.63, 3.8) is 0 Å². The van der Waals surface area contributed by atoms with Gasteiger partial charge in [0.05, 0.1) is 5.52 Å². The van der Waals surface area contributed by atoms with Crippen molar-refractivity contribution < 1.29 is 22.8 Å². The van der Waals surface area contributed by atoms with Crippen LogP contribution in [-0.2, 0) is 19.4 Å². The molecule has 0 saturated carbocycles. The van der Waals surface area contributed by atoms with Crippen molar-refractivity contribution in [2.75, 3.05) is 25.1 Å². The summed E-state index contributed by atoms with van der Waals surface area (Å²) in [6.07, 6.45) is 3.88. The topological polar surface area (TPSA) is 114 Å². The van der Waals surface area contributed by atoms with Gasteiger partial charge in [-0.3, -0.25) is 19.4 Å². The maximum Gasteiger partial charge on any atom is 0.251 e. The van der Waals surface area contributed by atoms with E-state index in [-0.39, 0.29) is 24.1 Å². The Bertz CT molecular complexity index is 1080. The number of Topliss-reactive ketones (excluding diaryl/α,β-unsaturated/α-hetero) is 1. The Morgan fingerprint density at radius 3 is 2.77 bits per heavy atom. The average Bonchev–Trinajstić information content (AvgIpc) is 2.71. The number of ketones is 1. The Balaban J connectivity index is 1.62. The molecule has 1 aromatic heterocycles. The maximum atomic E-state index is 12.8. The Kier molecular flexibility index (Phi) is 6.50. The number of piperidine rings is 1. The molecule has 2 amide bonds. The minimum absolute atomic E-state index is 0.176. The van der Waals surface area contributed by atoms with Gasteiger partial charge in [0.2, 0.25) is 5.91 Å². The van der Waals surface area contributed by atoms with Crippen LogP contribution in [0.1, 0.15) is 30.1 Å². The number of likely N-dealkylation sites (tertiary alicyclic amines) is 1. The van der Waals surface area contributed by atoms with Crippen LogP contribution in [0.3, 0.4) is 0 Å². The molecule has 1 aliphatic heterocycles. The van der Waals surface area contributed by atoms with Crippen LogP contribution in [0.2, 0.25) is 0 Å². The number of carbonyl (C=O) groups excluding carboxylic acids is 3. The number of hydrogen-bond donors (Lipinski definition) is 1. The Morgan fingerprint density at radius 2 is 2.03 bits per heavy atom. The molecule has 3 rings (SSSR count). The predicted octanol–water partition coefficient (Wildman–Crippen LogP) is 1.21. The fourth-order valence-corrected chi connectivity index (χ4v) is 4.40. The van der Waals surface area contributed by atoms with Gasteiger partial charge in [-0.05, 0) is 44.0 Å². The Morgan fingerprint density at radius 1 is 1.27 bits per heavy atom. The highest BCUT2D eigenvalue weighted by atomic mass is 32.2. The van der Waals surface area contributed by atoms with Crippen LogP contribution in [0, 0.1) is 5.92 Å². The van der Waals surface area contributed by atoms with Gasteiger partial charge in [0.25, 0.3) is 5.91 Å². The second-order valence-electron chi connectivity index (χ2n) is 7.77. The molecule has 1 aliphatic rings. The van der Waals surface area contributed by atoms with E-state index < -0.39 is 27.5 Å². The zero-order valence-electron chi connectivity index (χ0n) is 17.0. The fourth-order valence-electron chi connectivity index (χ4n) is 3.65. The lowest BCUT2D eigenvalue weighted by molar-refractivity contribution is -0.136. The number of fused-ring (bicyclic) bond motifs is 1. The third-order valence-corrected chi connectivity index (χ3v) is 5.98. The average molecular weight is 432 g/mol. The van der Waals surface area contributed by atoms with E-state index in [9.17, 15) is 22.8 Å². The maximum absolute atomic E-state index is 12.8. The highest BCUT2D eigenvalue weighted by Crippen LogP contribution is 2.19. The van der Waals surface area contributed by atoms with Gasteiger partial charge in [-0.2, -0.15) is 0 Å². The first-order valence-corrected chi connectivity index (χ1v) is 11.8. The predicted molar refractivity (Wildman–Crippen MR) is 113 cm³/mol. The molecule has 0 bridgehead atoms. The van der Waals surface area contributed by atoms with Gasteiger partial charge in [-0.15, -0.1) is 0 Å². The second-order valence-corrected chi connectivity index (χ2v) is 9.91. The lowest BCUT2D eigenvalue weighted by atomic mass is 9.94. The van der Waals surface area contributed by atoms with Gasteiger partial charge in [-0.25, -0.2) is 8.42 Å². The van der Waals surface area contributed by atoms with E-state index in [0.717, 1.165) is 17.2 Å². The number of nitrogens with one attached hydrogen (secondary N) is 1. The highest BCUT2D eigenvalue weighted by Gasteiger charge is 2.32. The zero-order chi connectivity index (χ0) is 21.9. The fraction of sp³-hybridized carbons (Fsp3) is 0.429. The van der Waals surface area contributed by atoms with Gasteiger partial charge < -0.3 is 10.2 Å². The van der Waals surface area contributed by atoms with E-state index in [0.29, 0.717) is 24.9 Å². The third kappa shape index (κ3) is 5.41. The normalized spacial score (nSPS) is 18.1. The molecule has 1 aromatic carbocycles. The van der Waals surface area contributed by atoms with Crippen molar-refractivity contribution in [1.82, 2.24) is 15.2 Å². The number of amides is 2. The summed E-state index contributed by atoms with van der Waals surface area (Å²) in [6.45, 7) is 2.25. The van der Waals surface area contributed by atoms with Crippen LogP contribution in [0.25, 0.3) is 10.9 Å². The molecule has 8 nitrogen and oxygen atoms in total. The number of hydrogen-bond acceptors (Lipinski definition) is 6. The van der Waals surface area contributed by atoms with E-state index in [1.54, 1.807) is 37.4 Å². The molecule has 9 heteroatoms. The van der Waals surface area contributed by atoms with E-state index >= 15 is 0 Å². The van der Waals surface area contributed by atoms with Crippen molar-refractivity contribution in [2.24, 2.45) is 5.92 Å². The number of rotatable bonds is 6. The third-order valence-electron chi connectivity index (χ3n) is 5.18. The standard InChI is InChI=1S/C21H25N3O5S/c1-14(23-20(26)16-7-8-18-15(11-16)5-3-9-22-18)21(27)24-10-4-6-17(12-24)19(25)13-30(2,28)29/h3,5,7-9,11,14,17H,4,6,10,12-13H2,1-2H3,(H,23,26)/t14-,17-/m1/s1. The molecule has 0 unspecified atom stereocenters. The molecule has 0 radical (unpaired) electrons. The molecule has 0 spiro atoms. The monoisotopic (exact) mass is 431 g/mol. The van der Waals surface area contributed by atoms with Crippen LogP contribution in [0.4, 0.5) is 0 Å². The molecule has 0 aliphatic carbocycles. The van der Waals surface area contributed by atoms with Gasteiger partial charge in [0, 0.05) is 42.4 Å². The first-order valence-electron chi connectivity index (χ1n) is 9.79. The summed E-state index contributed by atoms with van der Waals surface area (Å²) in [5, 5.41) is 3.54. The molecular weight excluding hydrogens is 406 g/mol. The van der Waals surface area contributed by atoms with E-state index in [4.69, 9.17) is 0 Å². The Hall–Kier alpha value is -2.81. The largest absolute Gasteiger partial charge is 0.341 e. The minimum Gasteiger partial charge on any atom is -0.341 e. The first kappa shape index (κ1) is 21.9. The van der Waals surface area contributed by atoms with Gasteiger partial charge in [0.1, 0.15) is 11.8 Å². The number of pyridine rings is 1. The van der Waals surface area contributed by atoms with Crippen molar-refractivity contribution in [3.8, 4) is 0 Å².